The number of carbonyl (C=O) groups excluding carboxylic acids is 1. The van der Waals surface area contributed by atoms with Crippen molar-refractivity contribution in [1.29, 1.82) is 0 Å². The maximum atomic E-state index is 12.1. The van der Waals surface area contributed by atoms with Crippen molar-refractivity contribution in [2.24, 2.45) is 0 Å². The Labute approximate surface area is 169 Å². The van der Waals surface area contributed by atoms with Crippen molar-refractivity contribution in [2.45, 2.75) is 32.4 Å². The number of imidazole rings is 1. The molecule has 0 aliphatic rings. The van der Waals surface area contributed by atoms with Gasteiger partial charge in [0.05, 0.1) is 29.8 Å². The predicted molar refractivity (Wildman–Crippen MR) is 112 cm³/mol. The van der Waals surface area contributed by atoms with Crippen molar-refractivity contribution < 1.29 is 19.0 Å². The molecule has 1 aromatic carbocycles. The largest absolute Gasteiger partial charge is 0.496 e. The molecule has 0 aliphatic heterocycles. The Morgan fingerprint density at radius 2 is 2.00 bits per heavy atom. The summed E-state index contributed by atoms with van der Waals surface area (Å²) >= 11 is 2.21. The van der Waals surface area contributed by atoms with Crippen LogP contribution >= 0.6 is 22.6 Å². The molecule has 142 valence electrons. The van der Waals surface area contributed by atoms with E-state index in [1.807, 2.05) is 22.8 Å². The Morgan fingerprint density at radius 1 is 1.27 bits per heavy atom. The van der Waals surface area contributed by atoms with Gasteiger partial charge in [-0.2, -0.15) is 0 Å². The number of rotatable bonds is 8. The lowest BCUT2D eigenvalue weighted by Crippen LogP contribution is -2.22. The van der Waals surface area contributed by atoms with Crippen LogP contribution in [0.15, 0.2) is 24.5 Å². The topological polar surface area (TPSA) is 62.6 Å². The fourth-order valence-electron chi connectivity index (χ4n) is 2.38. The van der Waals surface area contributed by atoms with Crippen molar-refractivity contribution in [3.63, 3.8) is 0 Å². The number of aromatic nitrogens is 2. The van der Waals surface area contributed by atoms with Crippen LogP contribution in [0.1, 0.15) is 10.5 Å². The van der Waals surface area contributed by atoms with Crippen LogP contribution in [0.3, 0.4) is 0 Å². The zero-order valence-corrected chi connectivity index (χ0v) is 19.0. The van der Waals surface area contributed by atoms with E-state index in [9.17, 15) is 4.79 Å². The lowest BCUT2D eigenvalue weighted by atomic mass is 10.1. The van der Waals surface area contributed by atoms with Gasteiger partial charge in [-0.15, -0.1) is 0 Å². The van der Waals surface area contributed by atoms with E-state index in [0.29, 0.717) is 19.0 Å². The van der Waals surface area contributed by atoms with Crippen molar-refractivity contribution >= 4 is 36.6 Å². The maximum absolute atomic E-state index is 12.1. The number of hydrogen-bond acceptors (Lipinski definition) is 5. The number of hydrogen-bond donors (Lipinski definition) is 0. The van der Waals surface area contributed by atoms with Crippen LogP contribution in [0.5, 0.6) is 5.75 Å². The maximum Gasteiger partial charge on any atom is 0.358 e. The fourth-order valence-corrected chi connectivity index (χ4v) is 3.88. The Hall–Kier alpha value is -1.39. The molecule has 2 rings (SSSR count). The first kappa shape index (κ1) is 20.9. The summed E-state index contributed by atoms with van der Waals surface area (Å²) < 4.78 is 18.8. The number of methoxy groups -OCH3 is 2. The van der Waals surface area contributed by atoms with Gasteiger partial charge in [-0.25, -0.2) is 9.78 Å². The van der Waals surface area contributed by atoms with Crippen LogP contribution in [-0.4, -0.2) is 44.4 Å². The molecule has 2 aromatic rings. The summed E-state index contributed by atoms with van der Waals surface area (Å²) in [5, 5.41) is 0. The zero-order chi connectivity index (χ0) is 19.3. The van der Waals surface area contributed by atoms with E-state index >= 15 is 0 Å². The second-order valence-corrected chi connectivity index (χ2v) is 13.9. The van der Waals surface area contributed by atoms with Gasteiger partial charge in [0.25, 0.3) is 0 Å². The molecular weight excluding hydrogens is 463 g/mol. The Balaban J connectivity index is 2.31. The number of carbonyl (C=O) groups is 1. The number of halogens is 1. The second kappa shape index (κ2) is 9.00. The average molecular weight is 488 g/mol. The van der Waals surface area contributed by atoms with E-state index in [0.717, 1.165) is 20.9 Å². The number of esters is 1. The van der Waals surface area contributed by atoms with Gasteiger partial charge >= 0.3 is 5.97 Å². The zero-order valence-electron chi connectivity index (χ0n) is 15.8. The first-order chi connectivity index (χ1) is 12.3. The molecule has 0 bridgehead atoms. The van der Waals surface area contributed by atoms with E-state index in [2.05, 4.69) is 47.2 Å². The third-order valence-corrected chi connectivity index (χ3v) is 6.42. The van der Waals surface area contributed by atoms with E-state index in [1.54, 1.807) is 13.4 Å². The summed E-state index contributed by atoms with van der Waals surface area (Å²) in [5.41, 5.74) is 1.83. The fraction of sp³-hybridized carbons (Fsp3) is 0.444. The summed E-state index contributed by atoms with van der Waals surface area (Å²) in [6.45, 7) is 7.97. The van der Waals surface area contributed by atoms with E-state index in [1.165, 1.54) is 7.11 Å². The summed E-state index contributed by atoms with van der Waals surface area (Å²) in [6, 6.07) is 6.83. The predicted octanol–water partition coefficient (Wildman–Crippen LogP) is 4.26. The molecule has 1 aromatic heterocycles. The van der Waals surface area contributed by atoms with Gasteiger partial charge in [0.2, 0.25) is 0 Å². The van der Waals surface area contributed by atoms with Crippen molar-refractivity contribution in [2.75, 3.05) is 20.8 Å². The molecule has 0 saturated carbocycles. The Morgan fingerprint density at radius 3 is 2.58 bits per heavy atom. The van der Waals surface area contributed by atoms with Gasteiger partial charge in [-0.3, -0.25) is 0 Å². The van der Waals surface area contributed by atoms with Crippen molar-refractivity contribution in [3.8, 4) is 17.0 Å². The molecule has 8 heteroatoms. The molecule has 1 heterocycles. The second-order valence-electron chi connectivity index (χ2n) is 7.10. The molecule has 0 fully saturated rings. The molecule has 6 nitrogen and oxygen atoms in total. The van der Waals surface area contributed by atoms with Gasteiger partial charge < -0.3 is 18.8 Å². The standard InChI is InChI=1S/C18H25IN2O4Si/c1-23-15-7-6-13(10-14(15)19)17-16(18(22)24-2)20-11-21(17)12-25-8-9-26(3,4)5/h6-7,10-11H,8-9,12H2,1-5H3. The molecule has 0 aliphatic carbocycles. The lowest BCUT2D eigenvalue weighted by Gasteiger charge is -2.16. The van der Waals surface area contributed by atoms with Gasteiger partial charge in [-0.05, 0) is 46.8 Å². The van der Waals surface area contributed by atoms with Gasteiger partial charge in [-0.1, -0.05) is 19.6 Å². The molecule has 0 saturated heterocycles. The van der Waals surface area contributed by atoms with Crippen LogP contribution in [0, 0.1) is 3.57 Å². The molecule has 0 unspecified atom stereocenters. The minimum atomic E-state index is -1.15. The third kappa shape index (κ3) is 5.30. The smallest absolute Gasteiger partial charge is 0.358 e. The van der Waals surface area contributed by atoms with Crippen LogP contribution < -0.4 is 4.74 Å². The molecule has 0 radical (unpaired) electrons. The number of benzene rings is 1. The third-order valence-electron chi connectivity index (χ3n) is 3.87. The normalized spacial score (nSPS) is 11.5. The Kier molecular flexibility index (Phi) is 7.24. The summed E-state index contributed by atoms with van der Waals surface area (Å²) in [5.74, 6) is 0.318. The first-order valence-corrected chi connectivity index (χ1v) is 13.1. The van der Waals surface area contributed by atoms with Crippen LogP contribution in [-0.2, 0) is 16.2 Å². The molecule has 0 spiro atoms. The number of ether oxygens (including phenoxy) is 3. The highest BCUT2D eigenvalue weighted by Crippen LogP contribution is 2.30. The van der Waals surface area contributed by atoms with Crippen LogP contribution in [0.2, 0.25) is 25.7 Å². The average Bonchev–Trinajstić information content (AvgIpc) is 3.01. The van der Waals surface area contributed by atoms with Crippen LogP contribution in [0.4, 0.5) is 0 Å². The monoisotopic (exact) mass is 488 g/mol. The van der Waals surface area contributed by atoms with Crippen LogP contribution in [0.25, 0.3) is 11.3 Å². The SMILES string of the molecule is COC(=O)c1ncn(COCC[Si](C)(C)C)c1-c1ccc(OC)c(I)c1. The quantitative estimate of drug-likeness (QED) is 0.241. The van der Waals surface area contributed by atoms with E-state index in [-0.39, 0.29) is 5.69 Å². The minimum absolute atomic E-state index is 0.280. The highest BCUT2D eigenvalue weighted by molar-refractivity contribution is 14.1. The minimum Gasteiger partial charge on any atom is -0.496 e. The molecule has 0 atom stereocenters. The Bertz CT molecular complexity index is 771. The highest BCUT2D eigenvalue weighted by Gasteiger charge is 2.21. The molecule has 0 N–H and O–H groups in total. The van der Waals surface area contributed by atoms with Gasteiger partial charge in [0.1, 0.15) is 12.5 Å². The van der Waals surface area contributed by atoms with Crippen molar-refractivity contribution in [1.82, 2.24) is 9.55 Å². The molecular formula is C18H25IN2O4Si. The first-order valence-electron chi connectivity index (χ1n) is 8.32. The summed E-state index contributed by atoms with van der Waals surface area (Å²) in [4.78, 5) is 16.4. The van der Waals surface area contributed by atoms with Crippen molar-refractivity contribution in [3.05, 3.63) is 33.8 Å². The summed E-state index contributed by atoms with van der Waals surface area (Å²) in [6.07, 6.45) is 1.62. The number of nitrogens with zero attached hydrogens (tertiary/aromatic N) is 2. The van der Waals surface area contributed by atoms with E-state index < -0.39 is 14.0 Å². The van der Waals surface area contributed by atoms with E-state index in [4.69, 9.17) is 14.2 Å². The summed E-state index contributed by atoms with van der Waals surface area (Å²) in [7, 11) is 1.84. The lowest BCUT2D eigenvalue weighted by molar-refractivity contribution is 0.0595. The van der Waals surface area contributed by atoms with Gasteiger partial charge in [0.15, 0.2) is 5.69 Å². The van der Waals surface area contributed by atoms with Gasteiger partial charge in [0, 0.05) is 20.2 Å². The molecule has 0 amide bonds. The highest BCUT2D eigenvalue weighted by atomic mass is 127. The molecule has 26 heavy (non-hydrogen) atoms.